The molecule has 0 aromatic rings. The summed E-state index contributed by atoms with van der Waals surface area (Å²) in [5.41, 5.74) is 1.20. The molecular weight excluding hydrogens is 224 g/mol. The van der Waals surface area contributed by atoms with E-state index in [0.29, 0.717) is 11.7 Å². The van der Waals surface area contributed by atoms with E-state index in [9.17, 15) is 4.79 Å². The van der Waals surface area contributed by atoms with Crippen molar-refractivity contribution < 1.29 is 4.79 Å². The molecule has 1 spiro atoms. The molecule has 2 bridgehead atoms. The number of ketones is 1. The zero-order valence-corrected chi connectivity index (χ0v) is 11.9. The summed E-state index contributed by atoms with van der Waals surface area (Å²) in [6.07, 6.45) is 12.0. The molecule has 0 aromatic carbocycles. The summed E-state index contributed by atoms with van der Waals surface area (Å²) < 4.78 is 0. The molecule has 0 aromatic heterocycles. The second-order valence-corrected chi connectivity index (χ2v) is 11.8. The highest BCUT2D eigenvalue weighted by atomic mass is 28.3. The SMILES string of the molecule is C[Si](C)(C)C1=C[C@@]23CCC(=O)C2=CC=C[C@@H]1C3. The van der Waals surface area contributed by atoms with Gasteiger partial charge < -0.3 is 0 Å². The fourth-order valence-electron chi connectivity index (χ4n) is 3.70. The lowest BCUT2D eigenvalue weighted by atomic mass is 9.81. The maximum absolute atomic E-state index is 12.0. The van der Waals surface area contributed by atoms with E-state index >= 15 is 0 Å². The van der Waals surface area contributed by atoms with Gasteiger partial charge in [-0.25, -0.2) is 0 Å². The zero-order valence-electron chi connectivity index (χ0n) is 10.9. The Morgan fingerprint density at radius 3 is 2.82 bits per heavy atom. The molecule has 3 rings (SSSR count). The van der Waals surface area contributed by atoms with Crippen LogP contribution in [-0.2, 0) is 4.79 Å². The molecule has 2 heteroatoms. The molecule has 1 fully saturated rings. The lowest BCUT2D eigenvalue weighted by Gasteiger charge is -2.22. The Labute approximate surface area is 104 Å². The average molecular weight is 244 g/mol. The quantitative estimate of drug-likeness (QED) is 0.643. The Hall–Kier alpha value is -0.893. The van der Waals surface area contributed by atoms with Crippen molar-refractivity contribution in [2.75, 3.05) is 0 Å². The number of Topliss-reactive ketones (excluding diaryl/α,β-unsaturated/α-hetero) is 1. The van der Waals surface area contributed by atoms with Gasteiger partial charge in [0.15, 0.2) is 5.78 Å². The molecule has 0 heterocycles. The number of allylic oxidation sites excluding steroid dienone is 6. The van der Waals surface area contributed by atoms with Gasteiger partial charge in [-0.05, 0) is 18.8 Å². The summed E-state index contributed by atoms with van der Waals surface area (Å²) in [5.74, 6) is 0.977. The Balaban J connectivity index is 2.13. The molecule has 1 nitrogen and oxygen atoms in total. The van der Waals surface area contributed by atoms with E-state index < -0.39 is 8.07 Å². The first kappa shape index (κ1) is 11.2. The summed E-state index contributed by atoms with van der Waals surface area (Å²) >= 11 is 0. The third-order valence-corrected chi connectivity index (χ3v) is 6.77. The van der Waals surface area contributed by atoms with Crippen LogP contribution < -0.4 is 0 Å². The molecule has 0 radical (unpaired) electrons. The lowest BCUT2D eigenvalue weighted by Crippen LogP contribution is -2.26. The number of hydrogen-bond donors (Lipinski definition) is 0. The van der Waals surface area contributed by atoms with Gasteiger partial charge in [0.05, 0.1) is 8.07 Å². The van der Waals surface area contributed by atoms with E-state index in [2.05, 4.69) is 43.9 Å². The maximum Gasteiger partial charge on any atom is 0.159 e. The average Bonchev–Trinajstić information content (AvgIpc) is 2.64. The van der Waals surface area contributed by atoms with E-state index in [1.807, 2.05) is 0 Å². The molecule has 90 valence electrons. The minimum Gasteiger partial charge on any atom is -0.295 e. The number of fused-ring (bicyclic) bond motifs is 1. The summed E-state index contributed by atoms with van der Waals surface area (Å²) in [4.78, 5) is 12.0. The highest BCUT2D eigenvalue weighted by molar-refractivity contribution is 6.83. The van der Waals surface area contributed by atoms with Crippen LogP contribution in [0.3, 0.4) is 0 Å². The summed E-state index contributed by atoms with van der Waals surface area (Å²) in [5, 5.41) is 1.66. The Morgan fingerprint density at radius 2 is 2.12 bits per heavy atom. The van der Waals surface area contributed by atoms with Crippen molar-refractivity contribution in [1.29, 1.82) is 0 Å². The van der Waals surface area contributed by atoms with Gasteiger partial charge in [-0.15, -0.1) is 0 Å². The van der Waals surface area contributed by atoms with Crippen LogP contribution in [0.15, 0.2) is 35.1 Å². The van der Waals surface area contributed by atoms with Crippen LogP contribution in [0, 0.1) is 11.3 Å². The molecule has 2 atom stereocenters. The number of rotatable bonds is 1. The second kappa shape index (κ2) is 3.32. The van der Waals surface area contributed by atoms with Crippen molar-refractivity contribution in [3.8, 4) is 0 Å². The molecule has 1 saturated carbocycles. The minimum absolute atomic E-state index is 0.112. The molecule has 3 aliphatic carbocycles. The molecule has 0 saturated heterocycles. The fourth-order valence-corrected chi connectivity index (χ4v) is 5.72. The zero-order chi connectivity index (χ0) is 12.3. The second-order valence-electron chi connectivity index (χ2n) is 6.70. The molecule has 0 amide bonds. The minimum atomic E-state index is -1.25. The van der Waals surface area contributed by atoms with Gasteiger partial charge in [0.25, 0.3) is 0 Å². The van der Waals surface area contributed by atoms with Gasteiger partial charge in [-0.1, -0.05) is 49.1 Å². The van der Waals surface area contributed by atoms with Gasteiger partial charge in [0.1, 0.15) is 0 Å². The Kier molecular flexibility index (Phi) is 2.19. The summed E-state index contributed by atoms with van der Waals surface area (Å²) in [6, 6.07) is 0. The number of carbonyl (C=O) groups excluding carboxylic acids is 1. The first-order chi connectivity index (χ1) is 7.92. The third-order valence-electron chi connectivity index (χ3n) is 4.52. The Bertz CT molecular complexity index is 476. The predicted molar refractivity (Wildman–Crippen MR) is 73.4 cm³/mol. The predicted octanol–water partition coefficient (Wildman–Crippen LogP) is 3.66. The van der Waals surface area contributed by atoms with Crippen LogP contribution >= 0.6 is 0 Å². The first-order valence-electron chi connectivity index (χ1n) is 6.58. The normalized spacial score (nSPS) is 35.5. The number of carbonyl (C=O) groups is 1. The van der Waals surface area contributed by atoms with Crippen molar-refractivity contribution in [3.05, 3.63) is 35.1 Å². The van der Waals surface area contributed by atoms with Crippen molar-refractivity contribution in [2.24, 2.45) is 11.3 Å². The van der Waals surface area contributed by atoms with Crippen LogP contribution in [0.25, 0.3) is 0 Å². The van der Waals surface area contributed by atoms with Gasteiger partial charge >= 0.3 is 0 Å². The van der Waals surface area contributed by atoms with Crippen LogP contribution in [-0.4, -0.2) is 13.9 Å². The number of hydrogen-bond acceptors (Lipinski definition) is 1. The van der Waals surface area contributed by atoms with Crippen molar-refractivity contribution in [2.45, 2.75) is 38.9 Å². The van der Waals surface area contributed by atoms with Crippen LogP contribution in [0.1, 0.15) is 19.3 Å². The van der Waals surface area contributed by atoms with E-state index in [1.165, 1.54) is 0 Å². The summed E-state index contributed by atoms with van der Waals surface area (Å²) in [6.45, 7) is 7.25. The monoisotopic (exact) mass is 244 g/mol. The molecule has 3 aliphatic rings. The topological polar surface area (TPSA) is 17.1 Å². The van der Waals surface area contributed by atoms with Crippen LogP contribution in [0.5, 0.6) is 0 Å². The van der Waals surface area contributed by atoms with E-state index in [0.717, 1.165) is 24.8 Å². The first-order valence-corrected chi connectivity index (χ1v) is 10.1. The van der Waals surface area contributed by atoms with E-state index in [1.54, 1.807) is 5.20 Å². The molecule has 0 N–H and O–H groups in total. The van der Waals surface area contributed by atoms with Crippen LogP contribution in [0.4, 0.5) is 0 Å². The van der Waals surface area contributed by atoms with Gasteiger partial charge in [-0.2, -0.15) is 0 Å². The fraction of sp³-hybridized carbons (Fsp3) is 0.533. The third kappa shape index (κ3) is 1.54. The smallest absolute Gasteiger partial charge is 0.159 e. The molecule has 17 heavy (non-hydrogen) atoms. The molecule has 0 unspecified atom stereocenters. The highest BCUT2D eigenvalue weighted by Crippen LogP contribution is 2.55. The highest BCUT2D eigenvalue weighted by Gasteiger charge is 2.49. The Morgan fingerprint density at radius 1 is 1.35 bits per heavy atom. The van der Waals surface area contributed by atoms with Crippen molar-refractivity contribution >= 4 is 13.9 Å². The van der Waals surface area contributed by atoms with Crippen molar-refractivity contribution in [3.63, 3.8) is 0 Å². The molecular formula is C15H20OSi. The standard InChI is InChI=1S/C15H20OSi/c1-17(2,3)14-10-15-8-7-13(16)12(15)6-4-5-11(14)9-15/h4-6,10-11H,7-9H2,1-3H3/t11-,15+/m1/s1. The molecule has 0 aliphatic heterocycles. The summed E-state index contributed by atoms with van der Waals surface area (Å²) in [7, 11) is -1.25. The van der Waals surface area contributed by atoms with Crippen molar-refractivity contribution in [1.82, 2.24) is 0 Å². The van der Waals surface area contributed by atoms with Gasteiger partial charge in [-0.3, -0.25) is 4.79 Å². The van der Waals surface area contributed by atoms with E-state index in [4.69, 9.17) is 0 Å². The van der Waals surface area contributed by atoms with E-state index in [-0.39, 0.29) is 5.41 Å². The maximum atomic E-state index is 12.0. The van der Waals surface area contributed by atoms with Gasteiger partial charge in [0, 0.05) is 17.4 Å². The lowest BCUT2D eigenvalue weighted by molar-refractivity contribution is -0.114. The van der Waals surface area contributed by atoms with Crippen LogP contribution in [0.2, 0.25) is 19.6 Å². The van der Waals surface area contributed by atoms with Gasteiger partial charge in [0.2, 0.25) is 0 Å². The largest absolute Gasteiger partial charge is 0.295 e.